The summed E-state index contributed by atoms with van der Waals surface area (Å²) in [6.45, 7) is 5.83. The Balaban J connectivity index is 2.09. The molecule has 0 amide bonds. The molecule has 0 heterocycles. The minimum absolute atomic E-state index is 0.647. The van der Waals surface area contributed by atoms with E-state index in [9.17, 15) is 5.11 Å². The van der Waals surface area contributed by atoms with Crippen molar-refractivity contribution in [2.24, 2.45) is 0 Å². The summed E-state index contributed by atoms with van der Waals surface area (Å²) in [6, 6.07) is 32.8. The molecule has 154 valence electrons. The van der Waals surface area contributed by atoms with Gasteiger partial charge in [0, 0.05) is 0 Å². The maximum absolute atomic E-state index is 9.97. The minimum Gasteiger partial charge on any atom is -0.390 e. The van der Waals surface area contributed by atoms with Gasteiger partial charge < -0.3 is 5.11 Å². The van der Waals surface area contributed by atoms with Crippen molar-refractivity contribution < 1.29 is 5.11 Å². The smallest absolute Gasteiger partial charge is 0.115 e. The lowest BCUT2D eigenvalue weighted by Gasteiger charge is -2.26. The highest BCUT2D eigenvalue weighted by Gasteiger charge is 2.44. The van der Waals surface area contributed by atoms with Crippen molar-refractivity contribution >= 4 is 23.2 Å². The van der Waals surface area contributed by atoms with Crippen molar-refractivity contribution in [1.29, 1.82) is 0 Å². The Hall–Kier alpha value is -2.47. The van der Waals surface area contributed by atoms with Gasteiger partial charge in [0.2, 0.25) is 0 Å². The molecule has 3 rings (SSSR count). The molecule has 0 aliphatic rings. The Kier molecular flexibility index (Phi) is 7.43. The highest BCUT2D eigenvalue weighted by Crippen LogP contribution is 2.55. The van der Waals surface area contributed by atoms with Crippen LogP contribution in [0.5, 0.6) is 0 Å². The lowest BCUT2D eigenvalue weighted by Crippen LogP contribution is -2.33. The molecule has 3 aromatic rings. The second-order valence-corrected chi connectivity index (χ2v) is 11.9. The van der Waals surface area contributed by atoms with Crippen molar-refractivity contribution in [2.45, 2.75) is 32.8 Å². The molecule has 0 saturated heterocycles. The molecule has 30 heavy (non-hydrogen) atoms. The van der Waals surface area contributed by atoms with Crippen LogP contribution in [0.25, 0.3) is 0 Å². The quantitative estimate of drug-likeness (QED) is 0.373. The zero-order valence-corrected chi connectivity index (χ0v) is 19.1. The Labute approximate surface area is 182 Å². The molecule has 0 spiro atoms. The summed E-state index contributed by atoms with van der Waals surface area (Å²) in [4.78, 5) is 0. The van der Waals surface area contributed by atoms with Gasteiger partial charge in [-0.2, -0.15) is 0 Å². The first-order valence-corrected chi connectivity index (χ1v) is 12.5. The van der Waals surface area contributed by atoms with Gasteiger partial charge in [-0.15, -0.1) is 0 Å². The second-order valence-electron chi connectivity index (χ2n) is 8.37. The zero-order valence-electron chi connectivity index (χ0n) is 18.2. The van der Waals surface area contributed by atoms with E-state index in [4.69, 9.17) is 0 Å². The van der Waals surface area contributed by atoms with Crippen LogP contribution in [-0.4, -0.2) is 16.9 Å². The monoisotopic (exact) mass is 415 g/mol. The van der Waals surface area contributed by atoms with E-state index < -0.39 is 12.9 Å². The molecule has 0 fully saturated rings. The van der Waals surface area contributed by atoms with Crippen LogP contribution in [0.1, 0.15) is 27.2 Å². The van der Waals surface area contributed by atoms with Gasteiger partial charge in [-0.1, -0.05) is 72.3 Å². The van der Waals surface area contributed by atoms with E-state index in [0.717, 1.165) is 6.16 Å². The summed E-state index contributed by atoms with van der Waals surface area (Å²) in [5.41, 5.74) is 0.553. The predicted molar refractivity (Wildman–Crippen MR) is 134 cm³/mol. The molecule has 0 aliphatic heterocycles. The number of hydrogen-bond acceptors (Lipinski definition) is 1. The van der Waals surface area contributed by atoms with E-state index in [-0.39, 0.29) is 0 Å². The molecule has 0 saturated carbocycles. The summed E-state index contributed by atoms with van der Waals surface area (Å²) < 4.78 is 0. The first-order valence-electron chi connectivity index (χ1n) is 10.5. The lowest BCUT2D eigenvalue weighted by atomic mass is 10.1. The Morgan fingerprint density at radius 3 is 1.53 bits per heavy atom. The highest BCUT2D eigenvalue weighted by atomic mass is 31.2. The van der Waals surface area contributed by atoms with Crippen molar-refractivity contribution in [3.63, 3.8) is 0 Å². The van der Waals surface area contributed by atoms with Crippen LogP contribution in [0.3, 0.4) is 0 Å². The fraction of sp³-hybridized carbons (Fsp3) is 0.214. The molecule has 1 N–H and O–H groups in total. The van der Waals surface area contributed by atoms with Crippen molar-refractivity contribution in [2.75, 3.05) is 6.16 Å². The topological polar surface area (TPSA) is 20.2 Å². The summed E-state index contributed by atoms with van der Waals surface area (Å²) in [5, 5.41) is 14.2. The summed E-state index contributed by atoms with van der Waals surface area (Å²) >= 11 is 0. The Morgan fingerprint density at radius 1 is 0.767 bits per heavy atom. The van der Waals surface area contributed by atoms with Gasteiger partial charge >= 0.3 is 0 Å². The van der Waals surface area contributed by atoms with Gasteiger partial charge in [0.15, 0.2) is 0 Å². The maximum Gasteiger partial charge on any atom is 0.115 e. The molecular weight excluding hydrogens is 383 g/mol. The molecule has 0 unspecified atom stereocenters. The molecule has 1 nitrogen and oxygen atoms in total. The fourth-order valence-corrected chi connectivity index (χ4v) is 7.83. The number of aliphatic hydroxyl groups is 1. The molecule has 0 radical (unpaired) electrons. The van der Waals surface area contributed by atoms with E-state index in [1.54, 1.807) is 0 Å². The highest BCUT2D eigenvalue weighted by molar-refractivity contribution is 7.95. The normalized spacial score (nSPS) is 13.0. The van der Waals surface area contributed by atoms with E-state index >= 15 is 0 Å². The minimum atomic E-state index is -1.83. The van der Waals surface area contributed by atoms with Crippen LogP contribution in [-0.2, 0) is 0 Å². The molecule has 0 atom stereocenters. The van der Waals surface area contributed by atoms with Crippen LogP contribution < -0.4 is 15.9 Å². The van der Waals surface area contributed by atoms with Crippen LogP contribution in [0.15, 0.2) is 115 Å². The summed E-state index contributed by atoms with van der Waals surface area (Å²) in [5.74, 6) is 0. The third-order valence-corrected chi connectivity index (χ3v) is 9.55. The van der Waals surface area contributed by atoms with Crippen molar-refractivity contribution in [1.82, 2.24) is 0 Å². The average molecular weight is 416 g/mol. The van der Waals surface area contributed by atoms with E-state index in [0.29, 0.717) is 6.42 Å². The van der Waals surface area contributed by atoms with Gasteiger partial charge in [0.05, 0.1) is 11.8 Å². The first kappa shape index (κ1) is 22.2. The van der Waals surface area contributed by atoms with Crippen LogP contribution >= 0.6 is 7.26 Å². The number of benzene rings is 3. The molecule has 0 bridgehead atoms. The van der Waals surface area contributed by atoms with E-state index in [1.807, 2.05) is 13.8 Å². The Morgan fingerprint density at radius 2 is 1.17 bits per heavy atom. The average Bonchev–Trinajstić information content (AvgIpc) is 2.76. The third kappa shape index (κ3) is 5.57. The standard InChI is InChI=1S/C28H32OP/c1-24(14-13-22-28(2,3)29)21-23-30(25-15-7-4-8-16-25,26-17-9-5-10-18-26)27-19-11-6-12-20-27/h4-21,29H,22-23H2,1-3H3/q+1. The van der Waals surface area contributed by atoms with Crippen LogP contribution in [0.4, 0.5) is 0 Å². The fourth-order valence-electron chi connectivity index (χ4n) is 3.69. The van der Waals surface area contributed by atoms with Gasteiger partial charge in [-0.05, 0) is 69.7 Å². The van der Waals surface area contributed by atoms with E-state index in [1.165, 1.54) is 21.5 Å². The SMILES string of the molecule is CC(C=CCC(C)(C)O)=CC[P+](c1ccccc1)(c1ccccc1)c1ccccc1. The largest absolute Gasteiger partial charge is 0.390 e. The maximum atomic E-state index is 9.97. The summed E-state index contributed by atoms with van der Waals surface area (Å²) in [7, 11) is -1.83. The second kappa shape index (κ2) is 10.0. The van der Waals surface area contributed by atoms with Crippen molar-refractivity contribution in [3.05, 3.63) is 115 Å². The lowest BCUT2D eigenvalue weighted by molar-refractivity contribution is 0.0839. The van der Waals surface area contributed by atoms with Gasteiger partial charge in [-0.3, -0.25) is 0 Å². The number of allylic oxidation sites excluding steroid dienone is 3. The Bertz CT molecular complexity index is 871. The van der Waals surface area contributed by atoms with Gasteiger partial charge in [-0.25, -0.2) is 0 Å². The number of hydrogen-bond donors (Lipinski definition) is 1. The van der Waals surface area contributed by atoms with Gasteiger partial charge in [0.1, 0.15) is 23.2 Å². The number of rotatable bonds is 8. The van der Waals surface area contributed by atoms with Crippen molar-refractivity contribution in [3.8, 4) is 0 Å². The van der Waals surface area contributed by atoms with Gasteiger partial charge in [0.25, 0.3) is 0 Å². The molecule has 3 aromatic carbocycles. The molecule has 0 aliphatic carbocycles. The zero-order chi connectivity index (χ0) is 21.5. The summed E-state index contributed by atoms with van der Waals surface area (Å²) in [6.07, 6.45) is 8.17. The molecule has 2 heteroatoms. The molecule has 0 aromatic heterocycles. The van der Waals surface area contributed by atoms with Crippen LogP contribution in [0, 0.1) is 0 Å². The first-order chi connectivity index (χ1) is 14.4. The molecular formula is C28H32OP+. The predicted octanol–water partition coefficient (Wildman–Crippen LogP) is 5.64. The van der Waals surface area contributed by atoms with E-state index in [2.05, 4.69) is 116 Å². The van der Waals surface area contributed by atoms with Crippen LogP contribution in [0.2, 0.25) is 0 Å². The third-order valence-electron chi connectivity index (χ3n) is 5.28.